The van der Waals surface area contributed by atoms with Crippen LogP contribution >= 0.6 is 11.6 Å². The van der Waals surface area contributed by atoms with Crippen molar-refractivity contribution >= 4 is 17.6 Å². The Morgan fingerprint density at radius 3 is 2.76 bits per heavy atom. The van der Waals surface area contributed by atoms with Gasteiger partial charge in [-0.05, 0) is 30.5 Å². The highest BCUT2D eigenvalue weighted by atomic mass is 35.5. The van der Waals surface area contributed by atoms with Gasteiger partial charge in [0.15, 0.2) is 0 Å². The minimum Gasteiger partial charge on any atom is -0.466 e. The highest BCUT2D eigenvalue weighted by molar-refractivity contribution is 6.17. The van der Waals surface area contributed by atoms with E-state index in [-0.39, 0.29) is 18.3 Å². The molecule has 0 unspecified atom stereocenters. The SMILES string of the molecule is CCOC(=O)Cc1c(C)ccc(CCl)c1C#N. The Hall–Kier alpha value is -1.53. The molecule has 17 heavy (non-hydrogen) atoms. The van der Waals surface area contributed by atoms with Crippen molar-refractivity contribution in [3.8, 4) is 6.07 Å². The molecule has 0 fully saturated rings. The molecule has 0 aliphatic rings. The number of ether oxygens (including phenoxy) is 1. The molecule has 0 aromatic heterocycles. The molecule has 0 N–H and O–H groups in total. The lowest BCUT2D eigenvalue weighted by Gasteiger charge is -2.10. The minimum atomic E-state index is -0.321. The standard InChI is InChI=1S/C13H14ClNO2/c1-3-17-13(16)6-11-9(2)4-5-10(7-14)12(11)8-15/h4-5H,3,6-7H2,1-2H3. The Labute approximate surface area is 106 Å². The van der Waals surface area contributed by atoms with Gasteiger partial charge in [-0.1, -0.05) is 12.1 Å². The van der Waals surface area contributed by atoms with Gasteiger partial charge < -0.3 is 4.74 Å². The number of alkyl halides is 1. The van der Waals surface area contributed by atoms with E-state index in [4.69, 9.17) is 21.6 Å². The number of hydrogen-bond acceptors (Lipinski definition) is 3. The van der Waals surface area contributed by atoms with Crippen molar-refractivity contribution in [2.75, 3.05) is 6.61 Å². The van der Waals surface area contributed by atoms with Crippen LogP contribution in [-0.4, -0.2) is 12.6 Å². The Kier molecular flexibility index (Phi) is 4.99. The second-order valence-corrected chi connectivity index (χ2v) is 3.89. The van der Waals surface area contributed by atoms with Gasteiger partial charge in [-0.3, -0.25) is 4.79 Å². The van der Waals surface area contributed by atoms with Crippen LogP contribution in [0.25, 0.3) is 0 Å². The normalized spacial score (nSPS) is 9.76. The lowest BCUT2D eigenvalue weighted by molar-refractivity contribution is -0.142. The highest BCUT2D eigenvalue weighted by Crippen LogP contribution is 2.21. The smallest absolute Gasteiger partial charge is 0.310 e. The number of carbonyl (C=O) groups is 1. The van der Waals surface area contributed by atoms with E-state index in [1.807, 2.05) is 19.1 Å². The molecule has 1 rings (SSSR count). The van der Waals surface area contributed by atoms with Gasteiger partial charge in [-0.2, -0.15) is 5.26 Å². The van der Waals surface area contributed by atoms with E-state index in [2.05, 4.69) is 6.07 Å². The van der Waals surface area contributed by atoms with Crippen LogP contribution in [0.1, 0.15) is 29.2 Å². The van der Waals surface area contributed by atoms with Crippen LogP contribution < -0.4 is 0 Å². The first kappa shape index (κ1) is 13.5. The van der Waals surface area contributed by atoms with Crippen LogP contribution in [0.4, 0.5) is 0 Å². The van der Waals surface area contributed by atoms with E-state index in [1.165, 1.54) is 0 Å². The number of esters is 1. The van der Waals surface area contributed by atoms with Crippen LogP contribution in [0.2, 0.25) is 0 Å². The van der Waals surface area contributed by atoms with Crippen molar-refractivity contribution in [2.24, 2.45) is 0 Å². The molecular formula is C13H14ClNO2. The maximum absolute atomic E-state index is 11.5. The first-order valence-electron chi connectivity index (χ1n) is 5.37. The highest BCUT2D eigenvalue weighted by Gasteiger charge is 2.14. The monoisotopic (exact) mass is 251 g/mol. The fourth-order valence-electron chi connectivity index (χ4n) is 1.64. The predicted octanol–water partition coefficient (Wildman–Crippen LogP) is 2.71. The summed E-state index contributed by atoms with van der Waals surface area (Å²) in [6.07, 6.45) is 0.118. The molecular weight excluding hydrogens is 238 g/mol. The number of aryl methyl sites for hydroxylation is 1. The van der Waals surface area contributed by atoms with Crippen LogP contribution in [0.15, 0.2) is 12.1 Å². The molecule has 0 aliphatic heterocycles. The Bertz CT molecular complexity index is 463. The van der Waals surface area contributed by atoms with Crippen LogP contribution in [0.5, 0.6) is 0 Å². The fourth-order valence-corrected chi connectivity index (χ4v) is 1.86. The Morgan fingerprint density at radius 2 is 2.24 bits per heavy atom. The second kappa shape index (κ2) is 6.27. The van der Waals surface area contributed by atoms with E-state index in [0.29, 0.717) is 17.7 Å². The van der Waals surface area contributed by atoms with Gasteiger partial charge in [-0.25, -0.2) is 0 Å². The first-order valence-corrected chi connectivity index (χ1v) is 5.90. The topological polar surface area (TPSA) is 50.1 Å². The maximum Gasteiger partial charge on any atom is 0.310 e. The van der Waals surface area contributed by atoms with Gasteiger partial charge in [0.25, 0.3) is 0 Å². The molecule has 0 heterocycles. The summed E-state index contributed by atoms with van der Waals surface area (Å²) < 4.78 is 4.89. The first-order chi connectivity index (χ1) is 8.13. The molecule has 0 bridgehead atoms. The summed E-state index contributed by atoms with van der Waals surface area (Å²) in [5, 5.41) is 9.14. The van der Waals surface area contributed by atoms with Crippen molar-refractivity contribution in [1.82, 2.24) is 0 Å². The summed E-state index contributed by atoms with van der Waals surface area (Å²) in [5.41, 5.74) is 2.86. The van der Waals surface area contributed by atoms with Crippen LogP contribution in [0.3, 0.4) is 0 Å². The Balaban J connectivity index is 3.13. The third kappa shape index (κ3) is 3.21. The summed E-state index contributed by atoms with van der Waals surface area (Å²) >= 11 is 5.77. The fraction of sp³-hybridized carbons (Fsp3) is 0.385. The zero-order valence-corrected chi connectivity index (χ0v) is 10.7. The number of carbonyl (C=O) groups excluding carboxylic acids is 1. The summed E-state index contributed by atoms with van der Waals surface area (Å²) in [6, 6.07) is 5.79. The largest absolute Gasteiger partial charge is 0.466 e. The van der Waals surface area contributed by atoms with Crippen molar-refractivity contribution in [3.63, 3.8) is 0 Å². The zero-order chi connectivity index (χ0) is 12.8. The molecule has 0 spiro atoms. The molecule has 0 aliphatic carbocycles. The number of rotatable bonds is 4. The zero-order valence-electron chi connectivity index (χ0n) is 9.92. The average molecular weight is 252 g/mol. The quantitative estimate of drug-likeness (QED) is 0.611. The summed E-state index contributed by atoms with van der Waals surface area (Å²) in [6.45, 7) is 3.97. The third-order valence-corrected chi connectivity index (χ3v) is 2.80. The molecule has 0 atom stereocenters. The van der Waals surface area contributed by atoms with E-state index >= 15 is 0 Å². The predicted molar refractivity (Wildman–Crippen MR) is 65.8 cm³/mol. The number of nitriles is 1. The lowest BCUT2D eigenvalue weighted by Crippen LogP contribution is -2.11. The number of hydrogen-bond donors (Lipinski definition) is 0. The molecule has 0 saturated heterocycles. The molecule has 90 valence electrons. The van der Waals surface area contributed by atoms with E-state index in [0.717, 1.165) is 11.1 Å². The molecule has 0 saturated carbocycles. The van der Waals surface area contributed by atoms with Gasteiger partial charge in [0, 0.05) is 5.88 Å². The third-order valence-electron chi connectivity index (χ3n) is 2.52. The Morgan fingerprint density at radius 1 is 1.53 bits per heavy atom. The van der Waals surface area contributed by atoms with Gasteiger partial charge in [0.2, 0.25) is 0 Å². The van der Waals surface area contributed by atoms with E-state index in [9.17, 15) is 4.79 Å². The van der Waals surface area contributed by atoms with Crippen LogP contribution in [0, 0.1) is 18.3 Å². The average Bonchev–Trinajstić information content (AvgIpc) is 2.31. The number of halogens is 1. The molecule has 4 heteroatoms. The minimum absolute atomic E-state index is 0.118. The van der Waals surface area contributed by atoms with Crippen molar-refractivity contribution in [1.29, 1.82) is 5.26 Å². The lowest BCUT2D eigenvalue weighted by atomic mass is 9.96. The van der Waals surface area contributed by atoms with E-state index in [1.54, 1.807) is 6.92 Å². The summed E-state index contributed by atoms with van der Waals surface area (Å²) in [5.74, 6) is -0.0576. The maximum atomic E-state index is 11.5. The van der Waals surface area contributed by atoms with Gasteiger partial charge >= 0.3 is 5.97 Å². The van der Waals surface area contributed by atoms with Gasteiger partial charge in [0.1, 0.15) is 0 Å². The molecule has 0 radical (unpaired) electrons. The molecule has 0 amide bonds. The number of nitrogens with zero attached hydrogens (tertiary/aromatic N) is 1. The van der Waals surface area contributed by atoms with Crippen molar-refractivity contribution in [2.45, 2.75) is 26.1 Å². The van der Waals surface area contributed by atoms with Crippen molar-refractivity contribution < 1.29 is 9.53 Å². The summed E-state index contributed by atoms with van der Waals surface area (Å²) in [4.78, 5) is 11.5. The molecule has 1 aromatic carbocycles. The van der Waals surface area contributed by atoms with Crippen molar-refractivity contribution in [3.05, 3.63) is 34.4 Å². The van der Waals surface area contributed by atoms with Crippen LogP contribution in [-0.2, 0) is 21.8 Å². The van der Waals surface area contributed by atoms with E-state index < -0.39 is 0 Å². The molecule has 1 aromatic rings. The van der Waals surface area contributed by atoms with Gasteiger partial charge in [-0.15, -0.1) is 11.6 Å². The van der Waals surface area contributed by atoms with Gasteiger partial charge in [0.05, 0.1) is 24.7 Å². The summed E-state index contributed by atoms with van der Waals surface area (Å²) in [7, 11) is 0. The number of benzene rings is 1. The molecule has 3 nitrogen and oxygen atoms in total. The second-order valence-electron chi connectivity index (χ2n) is 3.62.